The van der Waals surface area contributed by atoms with Crippen molar-refractivity contribution >= 4 is 39.8 Å². The quantitative estimate of drug-likeness (QED) is 0.121. The lowest BCUT2D eigenvalue weighted by molar-refractivity contribution is -0.136. The van der Waals surface area contributed by atoms with Crippen molar-refractivity contribution in [2.75, 3.05) is 20.2 Å². The number of carbonyl (C=O) groups is 3. The average Bonchev–Trinajstić information content (AvgIpc) is 4.11. The van der Waals surface area contributed by atoms with Gasteiger partial charge in [-0.1, -0.05) is 56.7 Å². The van der Waals surface area contributed by atoms with Gasteiger partial charge in [-0.3, -0.25) is 9.59 Å². The van der Waals surface area contributed by atoms with Crippen LogP contribution in [-0.4, -0.2) is 90.1 Å². The van der Waals surface area contributed by atoms with Crippen molar-refractivity contribution < 1.29 is 19.1 Å². The lowest BCUT2D eigenvalue weighted by Gasteiger charge is -2.34. The molecule has 3 aromatic heterocycles. The largest absolute Gasteiger partial charge is 0.453 e. The molecule has 9 rings (SSSR count). The van der Waals surface area contributed by atoms with Crippen LogP contribution in [0.3, 0.4) is 0 Å². The van der Waals surface area contributed by atoms with Crippen molar-refractivity contribution in [3.63, 3.8) is 0 Å². The van der Waals surface area contributed by atoms with E-state index in [2.05, 4.69) is 31.5 Å². The molecule has 2 saturated carbocycles. The zero-order chi connectivity index (χ0) is 39.8. The number of ether oxygens (including phenoxy) is 1. The Hall–Kier alpha value is -5.37. The number of carbonyl (C=O) groups excluding carboxylic acids is 3. The molecular formula is C44H54N10O4. The van der Waals surface area contributed by atoms with Crippen LogP contribution in [0.25, 0.3) is 44.5 Å². The molecule has 0 bridgehead atoms. The number of fused-ring (bicyclic) bond motifs is 2. The number of likely N-dealkylation sites (tertiary alicyclic amines) is 2. The average molecular weight is 787 g/mol. The van der Waals surface area contributed by atoms with Crippen molar-refractivity contribution in [2.45, 2.75) is 114 Å². The highest BCUT2D eigenvalue weighted by molar-refractivity contribution is 5.89. The Labute approximate surface area is 338 Å². The van der Waals surface area contributed by atoms with Crippen molar-refractivity contribution in [1.82, 2.24) is 45.2 Å². The third-order valence-electron chi connectivity index (χ3n) is 13.3. The molecule has 2 aromatic carbocycles. The highest BCUT2D eigenvalue weighted by Gasteiger charge is 2.40. The van der Waals surface area contributed by atoms with Gasteiger partial charge in [-0.15, -0.1) is 10.2 Å². The smallest absolute Gasteiger partial charge is 0.407 e. The van der Waals surface area contributed by atoms with E-state index in [1.54, 1.807) is 0 Å². The van der Waals surface area contributed by atoms with E-state index < -0.39 is 18.2 Å². The molecule has 2 aliphatic heterocycles. The number of rotatable bonds is 9. The number of methoxy groups -OCH3 is 1. The number of aromatic nitrogens is 6. The Morgan fingerprint density at radius 3 is 2.17 bits per heavy atom. The summed E-state index contributed by atoms with van der Waals surface area (Å²) in [7, 11) is 1.33. The highest BCUT2D eigenvalue weighted by Crippen LogP contribution is 2.37. The fourth-order valence-corrected chi connectivity index (χ4v) is 10.1. The van der Waals surface area contributed by atoms with E-state index in [4.69, 9.17) is 20.4 Å². The lowest BCUT2D eigenvalue weighted by Crippen LogP contribution is -2.52. The molecule has 4 fully saturated rings. The van der Waals surface area contributed by atoms with E-state index in [1.807, 2.05) is 52.4 Å². The minimum absolute atomic E-state index is 0.0535. The van der Waals surface area contributed by atoms with Gasteiger partial charge in [0, 0.05) is 29.6 Å². The monoisotopic (exact) mass is 786 g/mol. The van der Waals surface area contributed by atoms with Crippen molar-refractivity contribution in [2.24, 2.45) is 17.6 Å². The predicted octanol–water partition coefficient (Wildman–Crippen LogP) is 7.10. The number of nitrogens with two attached hydrogens (primary N) is 1. The Morgan fingerprint density at radius 2 is 1.43 bits per heavy atom. The van der Waals surface area contributed by atoms with Crippen LogP contribution in [0.2, 0.25) is 0 Å². The maximum absolute atomic E-state index is 14.1. The number of amides is 3. The van der Waals surface area contributed by atoms with Crippen molar-refractivity contribution in [3.05, 3.63) is 60.3 Å². The van der Waals surface area contributed by atoms with E-state index in [0.29, 0.717) is 13.1 Å². The number of H-pyrrole nitrogens is 2. The van der Waals surface area contributed by atoms with Crippen LogP contribution in [0.1, 0.15) is 114 Å². The topological polar surface area (TPSA) is 188 Å². The van der Waals surface area contributed by atoms with Gasteiger partial charge in [-0.05, 0) is 87.5 Å². The zero-order valence-electron chi connectivity index (χ0n) is 33.3. The maximum atomic E-state index is 14.1. The SMILES string of the molecule is COC(=O)N[C@H](C(=O)N1CCC[C@H]1c1nc2ccc(-c3cc4ccc(-c5cnc([C@@H]6CCCN6C(=O)[C@@H](N)C6CCCCC6)[nH]5)cc4nn3)cc2[nH]1)C1CCCCC1. The van der Waals surface area contributed by atoms with Crippen LogP contribution >= 0.6 is 0 Å². The zero-order valence-corrected chi connectivity index (χ0v) is 33.3. The summed E-state index contributed by atoms with van der Waals surface area (Å²) in [5.41, 5.74) is 12.4. The van der Waals surface area contributed by atoms with Crippen molar-refractivity contribution in [3.8, 4) is 22.5 Å². The van der Waals surface area contributed by atoms with Gasteiger partial charge in [0.05, 0.1) is 59.4 Å². The third-order valence-corrected chi connectivity index (χ3v) is 13.3. The standard InChI is InChI=1S/C44H54N10O4/c1-58-44(57)50-39(27-12-6-3-7-13-27)43(56)54-21-9-15-37(54)41-47-31-19-18-29(24-34(31)48-41)32-22-28-16-17-30(23-33(28)52-51-32)35-25-46-40(49-35)36-14-8-20-53(36)42(55)38(45)26-10-4-2-5-11-26/h16-19,22-27,36-39H,2-15,20-21,45H2,1H3,(H,46,49)(H,47,48)(H,50,57)/t36-,37-,38-,39-/m0/s1. The van der Waals surface area contributed by atoms with Gasteiger partial charge in [-0.25, -0.2) is 14.8 Å². The van der Waals surface area contributed by atoms with Crippen LogP contribution < -0.4 is 11.1 Å². The van der Waals surface area contributed by atoms with E-state index >= 15 is 0 Å². The van der Waals surface area contributed by atoms with E-state index in [-0.39, 0.29) is 35.7 Å². The summed E-state index contributed by atoms with van der Waals surface area (Å²) < 4.78 is 4.91. The van der Waals surface area contributed by atoms with Crippen LogP contribution in [0.4, 0.5) is 4.79 Å². The fraction of sp³-hybridized carbons (Fsp3) is 0.523. The summed E-state index contributed by atoms with van der Waals surface area (Å²) >= 11 is 0. The molecule has 3 amide bonds. The molecule has 58 heavy (non-hydrogen) atoms. The second-order valence-corrected chi connectivity index (χ2v) is 16.9. The first kappa shape index (κ1) is 38.2. The number of hydrogen-bond acceptors (Lipinski definition) is 9. The molecule has 2 aliphatic carbocycles. The van der Waals surface area contributed by atoms with Crippen LogP contribution in [0.15, 0.2) is 48.7 Å². The van der Waals surface area contributed by atoms with Gasteiger partial charge in [-0.2, -0.15) is 0 Å². The lowest BCUT2D eigenvalue weighted by atomic mass is 9.83. The number of hydrogen-bond donors (Lipinski definition) is 4. The molecule has 0 unspecified atom stereocenters. The summed E-state index contributed by atoms with van der Waals surface area (Å²) in [6, 6.07) is 12.8. The first-order valence-corrected chi connectivity index (χ1v) is 21.4. The number of nitrogens with one attached hydrogen (secondary N) is 3. The normalized spacial score (nSPS) is 21.8. The Morgan fingerprint density at radius 1 is 0.741 bits per heavy atom. The minimum atomic E-state index is -0.612. The molecule has 5 heterocycles. The molecule has 5 aromatic rings. The summed E-state index contributed by atoms with van der Waals surface area (Å²) in [5.74, 6) is 1.89. The molecule has 304 valence electrons. The van der Waals surface area contributed by atoms with Crippen molar-refractivity contribution in [1.29, 1.82) is 0 Å². The first-order valence-electron chi connectivity index (χ1n) is 21.4. The Bertz CT molecular complexity index is 2290. The number of imidazole rings is 2. The maximum Gasteiger partial charge on any atom is 0.407 e. The summed E-state index contributed by atoms with van der Waals surface area (Å²) in [4.78, 5) is 60.5. The second-order valence-electron chi connectivity index (χ2n) is 16.9. The number of nitrogens with zero attached hydrogens (tertiary/aromatic N) is 6. The minimum Gasteiger partial charge on any atom is -0.453 e. The highest BCUT2D eigenvalue weighted by atomic mass is 16.5. The van der Waals surface area contributed by atoms with Crippen LogP contribution in [0.5, 0.6) is 0 Å². The molecule has 0 spiro atoms. The number of alkyl carbamates (subject to hydrolysis) is 1. The van der Waals surface area contributed by atoms with E-state index in [1.165, 1.54) is 13.5 Å². The van der Waals surface area contributed by atoms with E-state index in [0.717, 1.165) is 140 Å². The molecule has 4 atom stereocenters. The first-order chi connectivity index (χ1) is 28.3. The Balaban J connectivity index is 0.901. The molecule has 14 nitrogen and oxygen atoms in total. The molecular weight excluding hydrogens is 733 g/mol. The van der Waals surface area contributed by atoms with Gasteiger partial charge in [0.2, 0.25) is 11.8 Å². The fourth-order valence-electron chi connectivity index (χ4n) is 10.1. The molecule has 4 aliphatic rings. The third kappa shape index (κ3) is 7.54. The van der Waals surface area contributed by atoms with Gasteiger partial charge < -0.3 is 35.6 Å². The summed E-state index contributed by atoms with van der Waals surface area (Å²) in [6.07, 6.45) is 15.4. The van der Waals surface area contributed by atoms with Gasteiger partial charge in [0.15, 0.2) is 0 Å². The number of benzene rings is 2. The predicted molar refractivity (Wildman–Crippen MR) is 220 cm³/mol. The molecule has 2 saturated heterocycles. The van der Waals surface area contributed by atoms with Crippen LogP contribution in [-0.2, 0) is 14.3 Å². The van der Waals surface area contributed by atoms with Crippen LogP contribution in [0, 0.1) is 11.8 Å². The van der Waals surface area contributed by atoms with E-state index in [9.17, 15) is 14.4 Å². The summed E-state index contributed by atoms with van der Waals surface area (Å²) in [5, 5.41) is 13.1. The van der Waals surface area contributed by atoms with Gasteiger partial charge in [0.25, 0.3) is 0 Å². The molecule has 5 N–H and O–H groups in total. The van der Waals surface area contributed by atoms with Gasteiger partial charge in [0.1, 0.15) is 17.7 Å². The summed E-state index contributed by atoms with van der Waals surface area (Å²) in [6.45, 7) is 1.32. The van der Waals surface area contributed by atoms with Gasteiger partial charge >= 0.3 is 6.09 Å². The second kappa shape index (κ2) is 16.5. The molecule has 0 radical (unpaired) electrons. The molecule has 14 heteroatoms. The number of aromatic amines is 2. The Kier molecular flexibility index (Phi) is 10.8.